The first-order valence-corrected chi connectivity index (χ1v) is 10.6. The zero-order chi connectivity index (χ0) is 22.3. The molecule has 0 unspecified atom stereocenters. The van der Waals surface area contributed by atoms with E-state index < -0.39 is 5.79 Å². The summed E-state index contributed by atoms with van der Waals surface area (Å²) in [7, 11) is 0. The molecule has 1 saturated heterocycles. The predicted molar refractivity (Wildman–Crippen MR) is 119 cm³/mol. The van der Waals surface area contributed by atoms with Gasteiger partial charge in [0, 0.05) is 5.02 Å². The fourth-order valence-electron chi connectivity index (χ4n) is 2.97. The lowest BCUT2D eigenvalue weighted by Crippen LogP contribution is -2.33. The first-order valence-electron chi connectivity index (χ1n) is 9.82. The van der Waals surface area contributed by atoms with Crippen LogP contribution >= 0.6 is 23.2 Å². The minimum atomic E-state index is -0.909. The van der Waals surface area contributed by atoms with E-state index in [0.717, 1.165) is 5.56 Å². The van der Waals surface area contributed by atoms with Gasteiger partial charge in [-0.3, -0.25) is 4.79 Å². The number of carbonyl (C=O) groups excluding carboxylic acids is 1. The molecule has 1 heterocycles. The van der Waals surface area contributed by atoms with Crippen molar-refractivity contribution < 1.29 is 23.7 Å². The lowest BCUT2D eigenvalue weighted by atomic mass is 10.2. The second-order valence-corrected chi connectivity index (χ2v) is 7.82. The Hall–Kier alpha value is -2.32. The van der Waals surface area contributed by atoms with Gasteiger partial charge in [-0.1, -0.05) is 35.3 Å². The summed E-state index contributed by atoms with van der Waals surface area (Å²) >= 11 is 12.3. The standard InChI is InChI=1S/C22H24Cl2N2O5/c1-3-28-19-11-16(13-25-26-20(27)12-22(2)30-8-9-31-22)10-18(24)21(19)29-14-15-4-6-17(23)7-5-15/h4-7,10-11,13H,3,8-9,12,14H2,1-2H3,(H,26,27)/b25-13-. The fourth-order valence-corrected chi connectivity index (χ4v) is 3.37. The third-order valence-electron chi connectivity index (χ3n) is 4.41. The molecule has 2 aromatic carbocycles. The van der Waals surface area contributed by atoms with Crippen molar-refractivity contribution >= 4 is 35.3 Å². The molecule has 0 atom stereocenters. The number of hydrogen-bond acceptors (Lipinski definition) is 6. The Bertz CT molecular complexity index is 928. The highest BCUT2D eigenvalue weighted by Crippen LogP contribution is 2.37. The molecule has 0 saturated carbocycles. The molecule has 9 heteroatoms. The van der Waals surface area contributed by atoms with Crippen molar-refractivity contribution in [3.8, 4) is 11.5 Å². The van der Waals surface area contributed by atoms with Gasteiger partial charge in [0.15, 0.2) is 17.3 Å². The summed E-state index contributed by atoms with van der Waals surface area (Å²) < 4.78 is 22.4. The van der Waals surface area contributed by atoms with Crippen molar-refractivity contribution in [2.75, 3.05) is 19.8 Å². The second kappa shape index (κ2) is 10.8. The Kier molecular flexibility index (Phi) is 8.15. The summed E-state index contributed by atoms with van der Waals surface area (Å²) in [6.07, 6.45) is 1.53. The molecular weight excluding hydrogens is 443 g/mol. The average molecular weight is 467 g/mol. The first-order chi connectivity index (χ1) is 14.9. The van der Waals surface area contributed by atoms with E-state index in [4.69, 9.17) is 42.1 Å². The number of benzene rings is 2. The van der Waals surface area contributed by atoms with Gasteiger partial charge in [-0.2, -0.15) is 5.10 Å². The lowest BCUT2D eigenvalue weighted by molar-refractivity contribution is -0.159. The van der Waals surface area contributed by atoms with Gasteiger partial charge >= 0.3 is 0 Å². The van der Waals surface area contributed by atoms with Crippen LogP contribution < -0.4 is 14.9 Å². The second-order valence-electron chi connectivity index (χ2n) is 6.98. The summed E-state index contributed by atoms with van der Waals surface area (Å²) in [6.45, 7) is 5.27. The maximum atomic E-state index is 12.1. The van der Waals surface area contributed by atoms with Crippen molar-refractivity contribution in [2.45, 2.75) is 32.7 Å². The van der Waals surface area contributed by atoms with Gasteiger partial charge in [0.25, 0.3) is 0 Å². The topological polar surface area (TPSA) is 78.4 Å². The molecule has 1 aliphatic heterocycles. The van der Waals surface area contributed by atoms with Gasteiger partial charge in [-0.05, 0) is 49.2 Å². The summed E-state index contributed by atoms with van der Waals surface area (Å²) in [5.41, 5.74) is 4.05. The molecule has 0 bridgehead atoms. The molecule has 1 amide bonds. The molecule has 0 spiro atoms. The van der Waals surface area contributed by atoms with Crippen molar-refractivity contribution in [1.82, 2.24) is 5.43 Å². The zero-order valence-corrected chi connectivity index (χ0v) is 18.8. The van der Waals surface area contributed by atoms with E-state index in [2.05, 4.69) is 10.5 Å². The van der Waals surface area contributed by atoms with Crippen molar-refractivity contribution in [3.63, 3.8) is 0 Å². The van der Waals surface area contributed by atoms with Crippen molar-refractivity contribution in [1.29, 1.82) is 0 Å². The Morgan fingerprint density at radius 3 is 2.58 bits per heavy atom. The molecular formula is C22H24Cl2N2O5. The fraction of sp³-hybridized carbons (Fsp3) is 0.364. The normalized spacial score (nSPS) is 15.2. The largest absolute Gasteiger partial charge is 0.490 e. The van der Waals surface area contributed by atoms with Gasteiger partial charge in [-0.25, -0.2) is 5.43 Å². The van der Waals surface area contributed by atoms with Gasteiger partial charge in [0.05, 0.1) is 37.5 Å². The Balaban J connectivity index is 1.65. The van der Waals surface area contributed by atoms with Gasteiger partial charge in [0.1, 0.15) is 6.61 Å². The van der Waals surface area contributed by atoms with Gasteiger partial charge in [-0.15, -0.1) is 0 Å². The number of nitrogens with one attached hydrogen (secondary N) is 1. The molecule has 3 rings (SSSR count). The number of halogens is 2. The molecule has 1 N–H and O–H groups in total. The highest BCUT2D eigenvalue weighted by atomic mass is 35.5. The maximum absolute atomic E-state index is 12.1. The maximum Gasteiger partial charge on any atom is 0.245 e. The number of carbonyl (C=O) groups is 1. The van der Waals surface area contributed by atoms with E-state index in [1.54, 1.807) is 31.2 Å². The number of hydrazone groups is 1. The Labute approximate surface area is 191 Å². The van der Waals surface area contributed by atoms with Crippen LogP contribution in [0, 0.1) is 0 Å². The molecule has 166 valence electrons. The van der Waals surface area contributed by atoms with Crippen LogP contribution in [0.5, 0.6) is 11.5 Å². The molecule has 1 aliphatic rings. The van der Waals surface area contributed by atoms with Gasteiger partial charge in [0.2, 0.25) is 5.91 Å². The van der Waals surface area contributed by atoms with Crippen LogP contribution in [0.25, 0.3) is 0 Å². The quantitative estimate of drug-likeness (QED) is 0.432. The molecule has 0 aliphatic carbocycles. The minimum Gasteiger partial charge on any atom is -0.490 e. The molecule has 0 aromatic heterocycles. The van der Waals surface area contributed by atoms with E-state index in [1.165, 1.54) is 6.21 Å². The highest BCUT2D eigenvalue weighted by molar-refractivity contribution is 6.32. The van der Waals surface area contributed by atoms with Crippen LogP contribution in [0.2, 0.25) is 10.0 Å². The van der Waals surface area contributed by atoms with E-state index in [-0.39, 0.29) is 12.3 Å². The SMILES string of the molecule is CCOc1cc(/C=N\NC(=O)CC2(C)OCCO2)cc(Cl)c1OCc1ccc(Cl)cc1. The third-order valence-corrected chi connectivity index (χ3v) is 4.94. The summed E-state index contributed by atoms with van der Waals surface area (Å²) in [6, 6.07) is 10.8. The predicted octanol–water partition coefficient (Wildman–Crippen LogP) is 4.57. The number of rotatable bonds is 9. The molecule has 2 aromatic rings. The average Bonchev–Trinajstić information content (AvgIpc) is 3.14. The summed E-state index contributed by atoms with van der Waals surface area (Å²) in [5.74, 6) is -0.312. The number of ether oxygens (including phenoxy) is 4. The smallest absolute Gasteiger partial charge is 0.245 e. The van der Waals surface area contributed by atoms with Crippen LogP contribution in [0.1, 0.15) is 31.4 Å². The number of amides is 1. The molecule has 7 nitrogen and oxygen atoms in total. The van der Waals surface area contributed by atoms with Crippen LogP contribution in [0.4, 0.5) is 0 Å². The van der Waals surface area contributed by atoms with Gasteiger partial charge < -0.3 is 18.9 Å². The Morgan fingerprint density at radius 2 is 1.90 bits per heavy atom. The molecule has 1 fully saturated rings. The van der Waals surface area contributed by atoms with E-state index in [0.29, 0.717) is 53.5 Å². The van der Waals surface area contributed by atoms with Crippen LogP contribution in [-0.2, 0) is 20.9 Å². The summed E-state index contributed by atoms with van der Waals surface area (Å²) in [5, 5.41) is 5.01. The van der Waals surface area contributed by atoms with Crippen LogP contribution in [-0.4, -0.2) is 37.7 Å². The number of hydrogen-bond donors (Lipinski definition) is 1. The van der Waals surface area contributed by atoms with E-state index in [9.17, 15) is 4.79 Å². The minimum absolute atomic E-state index is 0.0484. The first kappa shape index (κ1) is 23.3. The molecule has 31 heavy (non-hydrogen) atoms. The Morgan fingerprint density at radius 1 is 1.19 bits per heavy atom. The molecule has 0 radical (unpaired) electrons. The monoisotopic (exact) mass is 466 g/mol. The van der Waals surface area contributed by atoms with Crippen LogP contribution in [0.15, 0.2) is 41.5 Å². The number of nitrogens with zero attached hydrogens (tertiary/aromatic N) is 1. The van der Waals surface area contributed by atoms with E-state index >= 15 is 0 Å². The summed E-state index contributed by atoms with van der Waals surface area (Å²) in [4.78, 5) is 12.1. The van der Waals surface area contributed by atoms with E-state index in [1.807, 2.05) is 19.1 Å². The third kappa shape index (κ3) is 6.83. The van der Waals surface area contributed by atoms with Crippen LogP contribution in [0.3, 0.4) is 0 Å². The van der Waals surface area contributed by atoms with Crippen molar-refractivity contribution in [3.05, 3.63) is 57.6 Å². The zero-order valence-electron chi connectivity index (χ0n) is 17.3. The van der Waals surface area contributed by atoms with Crippen molar-refractivity contribution in [2.24, 2.45) is 5.10 Å². The highest BCUT2D eigenvalue weighted by Gasteiger charge is 2.33. The lowest BCUT2D eigenvalue weighted by Gasteiger charge is -2.20.